The molecule has 0 atom stereocenters. The molecule has 0 N–H and O–H groups in total. The molecule has 4 aromatic heterocycles. The summed E-state index contributed by atoms with van der Waals surface area (Å²) in [6, 6.07) is 12.5. The largest absolute Gasteiger partial charge is 2.00 e. The average molecular weight is 708 g/mol. The second kappa shape index (κ2) is 13.7. The van der Waals surface area contributed by atoms with E-state index in [0.717, 1.165) is 47.0 Å². The molecule has 4 heterocycles. The molecular weight excluding hydrogens is 663 g/mol. The smallest absolute Gasteiger partial charge is 0.573 e. The molecule has 4 aromatic rings. The van der Waals surface area contributed by atoms with Crippen LogP contribution in [0.4, 0.5) is 0 Å². The van der Waals surface area contributed by atoms with E-state index in [1.54, 1.807) is 0 Å². The summed E-state index contributed by atoms with van der Waals surface area (Å²) in [5.41, 5.74) is 8.27. The van der Waals surface area contributed by atoms with Gasteiger partial charge in [-0.1, -0.05) is 92.8 Å². The van der Waals surface area contributed by atoms with Crippen LogP contribution in [0.3, 0.4) is 0 Å². The number of hydrogen-bond donors (Lipinski definition) is 0. The van der Waals surface area contributed by atoms with Crippen molar-refractivity contribution in [3.8, 4) is 22.8 Å². The van der Waals surface area contributed by atoms with E-state index in [4.69, 9.17) is 0 Å². The van der Waals surface area contributed by atoms with E-state index in [0.29, 0.717) is 11.8 Å². The molecule has 0 fully saturated rings. The minimum Gasteiger partial charge on any atom is -0.573 e. The molecule has 0 amide bonds. The van der Waals surface area contributed by atoms with E-state index in [1.807, 2.05) is 24.5 Å². The fourth-order valence-electron chi connectivity index (χ4n) is 4.00. The summed E-state index contributed by atoms with van der Waals surface area (Å²) in [5.74, 6) is 1.29. The minimum absolute atomic E-state index is 0. The van der Waals surface area contributed by atoms with Gasteiger partial charge < -0.3 is 20.4 Å². The van der Waals surface area contributed by atoms with Crippen LogP contribution in [0.5, 0.6) is 0 Å². The number of nitrogens with zero attached hydrogens (tertiary/aromatic N) is 6. The Morgan fingerprint density at radius 1 is 0.615 bits per heavy atom. The Morgan fingerprint density at radius 2 is 0.974 bits per heavy atom. The number of rotatable bonds is 6. The molecule has 4 rings (SSSR count). The minimum atomic E-state index is 0. The number of hydrogen-bond acceptors (Lipinski definition) is 4. The molecule has 6 nitrogen and oxygen atoms in total. The van der Waals surface area contributed by atoms with Gasteiger partial charge in [0, 0.05) is 46.0 Å². The third-order valence-electron chi connectivity index (χ3n) is 6.08. The summed E-state index contributed by atoms with van der Waals surface area (Å²) >= 11 is 0. The maximum absolute atomic E-state index is 4.41. The zero-order valence-corrected chi connectivity index (χ0v) is 27.5. The van der Waals surface area contributed by atoms with E-state index in [9.17, 15) is 0 Å². The molecule has 0 aliphatic carbocycles. The molecular formula is C32H44N6Pt. The van der Waals surface area contributed by atoms with E-state index in [-0.39, 0.29) is 31.9 Å². The second-order valence-electron chi connectivity index (χ2n) is 13.0. The van der Waals surface area contributed by atoms with Crippen molar-refractivity contribution in [2.24, 2.45) is 11.8 Å². The molecule has 7 heteroatoms. The van der Waals surface area contributed by atoms with Crippen molar-refractivity contribution in [2.75, 3.05) is 0 Å². The Hall–Kier alpha value is -2.59. The van der Waals surface area contributed by atoms with Crippen LogP contribution in [-0.2, 0) is 44.7 Å². The zero-order chi connectivity index (χ0) is 28.1. The molecule has 0 radical (unpaired) electrons. The van der Waals surface area contributed by atoms with Crippen LogP contribution in [-0.4, -0.2) is 20.2 Å². The third kappa shape index (κ3) is 9.83. The molecule has 0 saturated carbocycles. The van der Waals surface area contributed by atoms with Gasteiger partial charge in [-0.05, 0) is 60.1 Å². The molecule has 212 valence electrons. The Morgan fingerprint density at radius 3 is 1.26 bits per heavy atom. The average Bonchev–Trinajstić information content (AvgIpc) is 3.49. The second-order valence-corrected chi connectivity index (χ2v) is 13.0. The monoisotopic (exact) mass is 707 g/mol. The van der Waals surface area contributed by atoms with Crippen LogP contribution in [0.15, 0.2) is 48.8 Å². The van der Waals surface area contributed by atoms with Crippen molar-refractivity contribution < 1.29 is 21.1 Å². The van der Waals surface area contributed by atoms with Gasteiger partial charge in [0.15, 0.2) is 0 Å². The summed E-state index contributed by atoms with van der Waals surface area (Å²) in [7, 11) is 0. The van der Waals surface area contributed by atoms with E-state index in [1.165, 1.54) is 11.1 Å². The number of pyridine rings is 2. The van der Waals surface area contributed by atoms with Crippen molar-refractivity contribution in [3.05, 3.63) is 71.3 Å². The zero-order valence-electron chi connectivity index (χ0n) is 25.2. The normalized spacial score (nSPS) is 11.8. The van der Waals surface area contributed by atoms with Crippen LogP contribution >= 0.6 is 0 Å². The molecule has 0 bridgehead atoms. The molecule has 39 heavy (non-hydrogen) atoms. The maximum Gasteiger partial charge on any atom is 2.00 e. The van der Waals surface area contributed by atoms with E-state index >= 15 is 0 Å². The van der Waals surface area contributed by atoms with Crippen LogP contribution < -0.4 is 10.2 Å². The van der Waals surface area contributed by atoms with Gasteiger partial charge in [0.2, 0.25) is 0 Å². The Balaban J connectivity index is 0.000000267. The van der Waals surface area contributed by atoms with Gasteiger partial charge >= 0.3 is 21.1 Å². The summed E-state index contributed by atoms with van der Waals surface area (Å²) in [4.78, 5) is 8.82. The first-order valence-corrected chi connectivity index (χ1v) is 13.6. The number of aromatic nitrogens is 6. The SMILES string of the molecule is CC(C)Cc1ccnc(-c2cc(C(C)(C)C)n[n-]2)c1.CC(C)Cc1ccnc(-c2cc(C(C)(C)C)n[n-]2)c1.[Pt+2]. The van der Waals surface area contributed by atoms with Gasteiger partial charge in [-0.3, -0.25) is 9.97 Å². The van der Waals surface area contributed by atoms with Crippen LogP contribution in [0, 0.1) is 11.8 Å². The van der Waals surface area contributed by atoms with Gasteiger partial charge in [-0.2, -0.15) is 0 Å². The summed E-state index contributed by atoms with van der Waals surface area (Å²) in [6.45, 7) is 21.7. The van der Waals surface area contributed by atoms with E-state index in [2.05, 4.69) is 124 Å². The Bertz CT molecular complexity index is 1200. The first-order valence-electron chi connectivity index (χ1n) is 13.6. The topological polar surface area (TPSA) is 79.8 Å². The standard InChI is InChI=1S/2C16H22N3.Pt/c2*1-11(2)8-12-6-7-17-13(9-12)14-10-15(19-18-14)16(3,4)5;/h2*6-7,9-11H,8H2,1-5H3;/q2*-1;+2. The summed E-state index contributed by atoms with van der Waals surface area (Å²) in [5, 5.41) is 17.1. The van der Waals surface area contributed by atoms with E-state index < -0.39 is 0 Å². The van der Waals surface area contributed by atoms with Gasteiger partial charge in [0.25, 0.3) is 0 Å². The molecule has 0 aliphatic heterocycles. The third-order valence-corrected chi connectivity index (χ3v) is 6.08. The van der Waals surface area contributed by atoms with Gasteiger partial charge in [0.05, 0.1) is 0 Å². The molecule has 0 unspecified atom stereocenters. The molecule has 0 saturated heterocycles. The predicted molar refractivity (Wildman–Crippen MR) is 156 cm³/mol. The van der Waals surface area contributed by atoms with Crippen molar-refractivity contribution >= 4 is 0 Å². The van der Waals surface area contributed by atoms with Crippen molar-refractivity contribution in [2.45, 2.75) is 92.9 Å². The first kappa shape index (κ1) is 32.6. The fraction of sp³-hybridized carbons (Fsp3) is 0.500. The predicted octanol–water partition coefficient (Wildman–Crippen LogP) is 7.19. The fourth-order valence-corrected chi connectivity index (χ4v) is 4.00. The molecule has 0 aliphatic rings. The van der Waals surface area contributed by atoms with Crippen LogP contribution in [0.1, 0.15) is 91.8 Å². The van der Waals surface area contributed by atoms with Crippen molar-refractivity contribution in [3.63, 3.8) is 0 Å². The first-order chi connectivity index (χ1) is 17.7. The Kier molecular flexibility index (Phi) is 11.4. The van der Waals surface area contributed by atoms with Crippen molar-refractivity contribution in [1.82, 2.24) is 30.4 Å². The molecule has 0 aromatic carbocycles. The molecule has 0 spiro atoms. The maximum atomic E-state index is 4.41. The van der Waals surface area contributed by atoms with Crippen LogP contribution in [0.25, 0.3) is 22.8 Å². The Labute approximate surface area is 249 Å². The van der Waals surface area contributed by atoms with Gasteiger partial charge in [-0.25, -0.2) is 0 Å². The summed E-state index contributed by atoms with van der Waals surface area (Å²) < 4.78 is 0. The summed E-state index contributed by atoms with van der Waals surface area (Å²) in [6.07, 6.45) is 5.85. The van der Waals surface area contributed by atoms with Gasteiger partial charge in [-0.15, -0.1) is 0 Å². The van der Waals surface area contributed by atoms with Gasteiger partial charge in [0.1, 0.15) is 0 Å². The van der Waals surface area contributed by atoms with Crippen LogP contribution in [0.2, 0.25) is 0 Å². The quantitative estimate of drug-likeness (QED) is 0.211. The van der Waals surface area contributed by atoms with Crippen molar-refractivity contribution in [1.29, 1.82) is 0 Å².